The predicted molar refractivity (Wildman–Crippen MR) is 133 cm³/mol. The number of ether oxygens (including phenoxy) is 1. The summed E-state index contributed by atoms with van der Waals surface area (Å²) >= 11 is 1.50. The van der Waals surface area contributed by atoms with Crippen molar-refractivity contribution in [3.63, 3.8) is 0 Å². The van der Waals surface area contributed by atoms with E-state index in [1.54, 1.807) is 6.07 Å². The van der Waals surface area contributed by atoms with Crippen molar-refractivity contribution in [1.82, 2.24) is 20.2 Å². The number of rotatable bonds is 11. The quantitative estimate of drug-likeness (QED) is 0.410. The van der Waals surface area contributed by atoms with Gasteiger partial charge in [0.25, 0.3) is 0 Å². The minimum atomic E-state index is -0.315. The van der Waals surface area contributed by atoms with Crippen LogP contribution in [0.25, 0.3) is 0 Å². The van der Waals surface area contributed by atoms with Crippen molar-refractivity contribution in [3.05, 3.63) is 41.6 Å². The second-order valence-electron chi connectivity index (χ2n) is 9.64. The van der Waals surface area contributed by atoms with Crippen LogP contribution in [0, 0.1) is 12.7 Å². The Morgan fingerprint density at radius 3 is 2.65 bits per heavy atom. The van der Waals surface area contributed by atoms with Crippen molar-refractivity contribution in [2.45, 2.75) is 75.5 Å². The molecule has 2 saturated carbocycles. The highest BCUT2D eigenvalue weighted by atomic mass is 32.2. The second kappa shape index (κ2) is 10.1. The van der Waals surface area contributed by atoms with Gasteiger partial charge in [-0.15, -0.1) is 11.8 Å². The lowest BCUT2D eigenvalue weighted by molar-refractivity contribution is 0.0548. The molecule has 0 bridgehead atoms. The van der Waals surface area contributed by atoms with Crippen LogP contribution in [0.3, 0.4) is 0 Å². The predicted octanol–water partition coefficient (Wildman–Crippen LogP) is 5.41. The number of thioether (sulfide) groups is 1. The minimum absolute atomic E-state index is 0.122. The van der Waals surface area contributed by atoms with E-state index in [2.05, 4.69) is 27.5 Å². The monoisotopic (exact) mass is 487 g/mol. The summed E-state index contributed by atoms with van der Waals surface area (Å²) < 4.78 is 20.2. The lowest BCUT2D eigenvalue weighted by Gasteiger charge is -2.29. The highest BCUT2D eigenvalue weighted by molar-refractivity contribution is 7.98. The van der Waals surface area contributed by atoms with Crippen LogP contribution in [0.2, 0.25) is 0 Å². The van der Waals surface area contributed by atoms with E-state index in [-0.39, 0.29) is 23.1 Å². The van der Waals surface area contributed by atoms with Crippen LogP contribution in [-0.4, -0.2) is 51.4 Å². The molecule has 9 heteroatoms. The third kappa shape index (κ3) is 5.99. The Bertz CT molecular complexity index is 1040. The van der Waals surface area contributed by atoms with Gasteiger partial charge in [0.1, 0.15) is 23.6 Å². The van der Waals surface area contributed by atoms with Crippen molar-refractivity contribution >= 4 is 29.4 Å². The average Bonchev–Trinajstić information content (AvgIpc) is 3.74. The Hall–Kier alpha value is -2.39. The molecule has 0 saturated heterocycles. The average molecular weight is 488 g/mol. The first-order chi connectivity index (χ1) is 16.3. The molecule has 0 radical (unpaired) electrons. The number of halogens is 1. The van der Waals surface area contributed by atoms with E-state index in [0.29, 0.717) is 31.1 Å². The topological polar surface area (TPSA) is 79.4 Å². The lowest BCUT2D eigenvalue weighted by Crippen LogP contribution is -2.46. The summed E-state index contributed by atoms with van der Waals surface area (Å²) in [4.78, 5) is 24.2. The van der Waals surface area contributed by atoms with E-state index in [4.69, 9.17) is 4.74 Å². The molecule has 1 aromatic heterocycles. The maximum Gasteiger partial charge on any atom is 0.410 e. The van der Waals surface area contributed by atoms with Crippen LogP contribution in [0.1, 0.15) is 57.2 Å². The van der Waals surface area contributed by atoms with Gasteiger partial charge in [-0.25, -0.2) is 19.2 Å². The first kappa shape index (κ1) is 24.7. The van der Waals surface area contributed by atoms with E-state index in [0.717, 1.165) is 48.3 Å². The molecular formula is C25H34FN5O2S. The number of carbonyl (C=O) groups excluding carboxylic acids is 1. The zero-order valence-electron chi connectivity index (χ0n) is 20.4. The Kier molecular flexibility index (Phi) is 7.33. The summed E-state index contributed by atoms with van der Waals surface area (Å²) in [6, 6.07) is 5.12. The first-order valence-electron chi connectivity index (χ1n) is 11.9. The van der Waals surface area contributed by atoms with E-state index < -0.39 is 0 Å². The largest absolute Gasteiger partial charge is 0.443 e. The van der Waals surface area contributed by atoms with Crippen LogP contribution in [-0.2, 0) is 11.3 Å². The van der Waals surface area contributed by atoms with Crippen LogP contribution in [0.4, 0.5) is 20.7 Å². The molecular weight excluding hydrogens is 453 g/mol. The van der Waals surface area contributed by atoms with E-state index in [9.17, 15) is 9.18 Å². The summed E-state index contributed by atoms with van der Waals surface area (Å²) in [7, 11) is 0. The van der Waals surface area contributed by atoms with Crippen LogP contribution < -0.4 is 10.6 Å². The summed E-state index contributed by atoms with van der Waals surface area (Å²) in [5.74, 6) is 0.269. The zero-order chi connectivity index (χ0) is 24.3. The first-order valence-corrected chi connectivity index (χ1v) is 13.1. The number of benzene rings is 1. The molecule has 2 N–H and O–H groups in total. The Labute approximate surface area is 205 Å². The highest BCUT2D eigenvalue weighted by Gasteiger charge is 2.47. The maximum atomic E-state index is 14.4. The lowest BCUT2D eigenvalue weighted by atomic mass is 10.2. The number of anilines is 2. The van der Waals surface area contributed by atoms with Crippen LogP contribution >= 0.6 is 11.8 Å². The van der Waals surface area contributed by atoms with E-state index in [1.165, 1.54) is 24.2 Å². The number of nitrogens with zero attached hydrogens (tertiary/aromatic N) is 3. The number of carbonyl (C=O) groups is 1. The van der Waals surface area contributed by atoms with Crippen molar-refractivity contribution in [2.24, 2.45) is 0 Å². The van der Waals surface area contributed by atoms with Gasteiger partial charge in [0.15, 0.2) is 0 Å². The SMILES string of the molecule is CCCN(CC1(NCc2ncnc(Nc3ccc(SC)cc3F)c2C)CC1)C(=O)OC1(C)CC1. The Morgan fingerprint density at radius 2 is 2.03 bits per heavy atom. The molecule has 0 aliphatic heterocycles. The normalized spacial score (nSPS) is 17.2. The van der Waals surface area contributed by atoms with Gasteiger partial charge in [-0.1, -0.05) is 6.92 Å². The summed E-state index contributed by atoms with van der Waals surface area (Å²) in [5.41, 5.74) is 1.70. The number of hydrogen-bond acceptors (Lipinski definition) is 7. The smallest absolute Gasteiger partial charge is 0.410 e. The van der Waals surface area contributed by atoms with E-state index >= 15 is 0 Å². The molecule has 0 spiro atoms. The summed E-state index contributed by atoms with van der Waals surface area (Å²) in [5, 5.41) is 6.73. The molecule has 1 aromatic carbocycles. The fourth-order valence-corrected chi connectivity index (χ4v) is 4.30. The molecule has 2 aliphatic rings. The molecule has 184 valence electrons. The molecule has 2 aliphatic carbocycles. The van der Waals surface area contributed by atoms with Crippen LogP contribution in [0.15, 0.2) is 29.4 Å². The Morgan fingerprint density at radius 1 is 1.26 bits per heavy atom. The molecule has 1 heterocycles. The summed E-state index contributed by atoms with van der Waals surface area (Å²) in [6.07, 6.45) is 7.97. The fraction of sp³-hybridized carbons (Fsp3) is 0.560. The molecule has 0 unspecified atom stereocenters. The van der Waals surface area contributed by atoms with Crippen molar-refractivity contribution in [3.8, 4) is 0 Å². The van der Waals surface area contributed by atoms with Gasteiger partial charge in [-0.3, -0.25) is 0 Å². The zero-order valence-corrected chi connectivity index (χ0v) is 21.2. The van der Waals surface area contributed by atoms with Gasteiger partial charge >= 0.3 is 6.09 Å². The number of amides is 1. The minimum Gasteiger partial charge on any atom is -0.443 e. The van der Waals surface area contributed by atoms with Gasteiger partial charge in [0.05, 0.1) is 11.4 Å². The molecule has 2 fully saturated rings. The fourth-order valence-electron chi connectivity index (χ4n) is 3.88. The van der Waals surface area contributed by atoms with Gasteiger partial charge in [-0.05, 0) is 70.4 Å². The number of nitrogens with one attached hydrogen (secondary N) is 2. The van der Waals surface area contributed by atoms with Gasteiger partial charge in [0, 0.05) is 35.6 Å². The van der Waals surface area contributed by atoms with Gasteiger partial charge in [-0.2, -0.15) is 0 Å². The third-order valence-electron chi connectivity index (χ3n) is 6.64. The molecule has 1 amide bonds. The van der Waals surface area contributed by atoms with E-state index in [1.807, 2.05) is 31.1 Å². The Balaban J connectivity index is 1.39. The molecule has 7 nitrogen and oxygen atoms in total. The molecule has 4 rings (SSSR count). The molecule has 2 aromatic rings. The maximum absolute atomic E-state index is 14.4. The standard InChI is InChI=1S/C25H34FN5O2S/c1-5-12-31(23(32)33-24(3)8-9-24)15-25(10-11-25)29-14-21-17(2)22(28-16-27-21)30-20-7-6-18(34-4)13-19(20)26/h6-7,13,16,29H,5,8-12,14-15H2,1-4H3,(H,27,28,30). The third-order valence-corrected chi connectivity index (χ3v) is 7.36. The van der Waals surface area contributed by atoms with Crippen molar-refractivity contribution < 1.29 is 13.9 Å². The number of aromatic nitrogens is 2. The molecule has 34 heavy (non-hydrogen) atoms. The summed E-state index contributed by atoms with van der Waals surface area (Å²) in [6.45, 7) is 7.85. The highest BCUT2D eigenvalue weighted by Crippen LogP contribution is 2.40. The number of hydrogen-bond donors (Lipinski definition) is 2. The van der Waals surface area contributed by atoms with Crippen LogP contribution in [0.5, 0.6) is 0 Å². The van der Waals surface area contributed by atoms with Gasteiger partial charge in [0.2, 0.25) is 0 Å². The van der Waals surface area contributed by atoms with Crippen molar-refractivity contribution in [2.75, 3.05) is 24.7 Å². The van der Waals surface area contributed by atoms with Crippen molar-refractivity contribution in [1.29, 1.82) is 0 Å². The second-order valence-corrected chi connectivity index (χ2v) is 10.5. The molecule has 0 atom stereocenters. The van der Waals surface area contributed by atoms with Gasteiger partial charge < -0.3 is 20.3 Å².